The Morgan fingerprint density at radius 2 is 1.79 bits per heavy atom. The van der Waals surface area contributed by atoms with Crippen LogP contribution in [-0.4, -0.2) is 11.7 Å². The van der Waals surface area contributed by atoms with Gasteiger partial charge in [-0.05, 0) is 40.5 Å². The van der Waals surface area contributed by atoms with E-state index in [-0.39, 0.29) is 5.82 Å². The molecule has 2 aromatic rings. The average molecular weight is 332 g/mol. The van der Waals surface area contributed by atoms with E-state index in [4.69, 9.17) is 4.74 Å². The van der Waals surface area contributed by atoms with E-state index >= 15 is 0 Å². The van der Waals surface area contributed by atoms with Crippen molar-refractivity contribution < 1.29 is 9.13 Å². The summed E-state index contributed by atoms with van der Waals surface area (Å²) in [6.45, 7) is 10.4. The summed E-state index contributed by atoms with van der Waals surface area (Å²) in [5.74, 6) is -0.229. The summed E-state index contributed by atoms with van der Waals surface area (Å²) in [4.78, 5) is 0. The van der Waals surface area contributed by atoms with Gasteiger partial charge in [0.15, 0.2) is 0 Å². The van der Waals surface area contributed by atoms with Crippen molar-refractivity contribution in [1.29, 1.82) is 0 Å². The fraction of sp³-hybridized carbons (Fsp3) is 0.467. The van der Waals surface area contributed by atoms with Crippen LogP contribution in [0.4, 0.5) is 4.39 Å². The van der Waals surface area contributed by atoms with E-state index in [0.29, 0.717) is 6.73 Å². The van der Waals surface area contributed by atoms with E-state index in [9.17, 15) is 4.39 Å². The smallest absolute Gasteiger partial charge is 0.125 e. The summed E-state index contributed by atoms with van der Waals surface area (Å²) in [7, 11) is 1.64. The maximum Gasteiger partial charge on any atom is 0.125 e. The van der Waals surface area contributed by atoms with E-state index in [2.05, 4.69) is 15.9 Å². The van der Waals surface area contributed by atoms with Crippen molar-refractivity contribution in [2.45, 2.75) is 41.3 Å². The second kappa shape index (κ2) is 9.10. The van der Waals surface area contributed by atoms with Gasteiger partial charge in [-0.2, -0.15) is 0 Å². The molecule has 0 N–H and O–H groups in total. The zero-order chi connectivity index (χ0) is 15.0. The average Bonchev–Trinajstić information content (AvgIpc) is 2.72. The first-order valence-corrected chi connectivity index (χ1v) is 7.36. The number of fused-ring (bicyclic) bond motifs is 1. The lowest BCUT2D eigenvalue weighted by molar-refractivity contribution is 0.134. The monoisotopic (exact) mass is 331 g/mol. The molecule has 0 radical (unpaired) electrons. The minimum atomic E-state index is -0.229. The van der Waals surface area contributed by atoms with Gasteiger partial charge in [-0.25, -0.2) is 4.39 Å². The predicted molar refractivity (Wildman–Crippen MR) is 84.0 cm³/mol. The van der Waals surface area contributed by atoms with E-state index in [1.165, 1.54) is 6.07 Å². The number of aryl methyl sites for hydroxylation is 1. The highest BCUT2D eigenvalue weighted by Crippen LogP contribution is 2.29. The molecular weight excluding hydrogens is 309 g/mol. The first kappa shape index (κ1) is 18.1. The Kier molecular flexibility index (Phi) is 8.68. The van der Waals surface area contributed by atoms with Crippen LogP contribution in [0.1, 0.15) is 33.3 Å². The van der Waals surface area contributed by atoms with Gasteiger partial charge in [-0.3, -0.25) is 0 Å². The maximum absolute atomic E-state index is 13.2. The number of benzene rings is 1. The quantitative estimate of drug-likeness (QED) is 0.707. The Bertz CT molecular complexity index is 508. The van der Waals surface area contributed by atoms with Crippen molar-refractivity contribution in [1.82, 2.24) is 4.57 Å². The van der Waals surface area contributed by atoms with Crippen LogP contribution < -0.4 is 0 Å². The molecule has 4 heteroatoms. The number of methoxy groups -OCH3 is 1. The SMILES string of the molecule is CC.CC.COCn1cc(C)c2cc(F)cc(Br)c21. The Hall–Kier alpha value is -0.870. The summed E-state index contributed by atoms with van der Waals surface area (Å²) in [5, 5.41) is 0.916. The third-order valence-corrected chi connectivity index (χ3v) is 2.96. The molecule has 19 heavy (non-hydrogen) atoms. The highest BCUT2D eigenvalue weighted by Gasteiger charge is 2.10. The fourth-order valence-corrected chi connectivity index (χ4v) is 2.43. The van der Waals surface area contributed by atoms with Gasteiger partial charge in [-0.15, -0.1) is 0 Å². The number of ether oxygens (including phenoxy) is 1. The van der Waals surface area contributed by atoms with Gasteiger partial charge in [0.2, 0.25) is 0 Å². The topological polar surface area (TPSA) is 14.2 Å². The molecule has 0 spiro atoms. The molecule has 0 fully saturated rings. The molecule has 0 bridgehead atoms. The molecule has 0 saturated heterocycles. The number of aromatic nitrogens is 1. The van der Waals surface area contributed by atoms with E-state index < -0.39 is 0 Å². The normalized spacial score (nSPS) is 9.47. The summed E-state index contributed by atoms with van der Waals surface area (Å²) in [5.41, 5.74) is 2.01. The van der Waals surface area contributed by atoms with Crippen LogP contribution in [0.25, 0.3) is 10.9 Å². The highest BCUT2D eigenvalue weighted by atomic mass is 79.9. The minimum absolute atomic E-state index is 0.229. The zero-order valence-corrected chi connectivity index (χ0v) is 14.1. The Labute approximate surface area is 123 Å². The molecule has 1 aromatic heterocycles. The lowest BCUT2D eigenvalue weighted by atomic mass is 10.2. The lowest BCUT2D eigenvalue weighted by Gasteiger charge is -2.04. The molecular formula is C15H23BrFNO. The van der Waals surface area contributed by atoms with Gasteiger partial charge in [-0.1, -0.05) is 27.7 Å². The van der Waals surface area contributed by atoms with Crippen molar-refractivity contribution >= 4 is 26.8 Å². The summed E-state index contributed by atoms with van der Waals surface area (Å²) in [6, 6.07) is 3.01. The zero-order valence-electron chi connectivity index (χ0n) is 12.6. The highest BCUT2D eigenvalue weighted by molar-refractivity contribution is 9.10. The molecule has 0 aliphatic carbocycles. The van der Waals surface area contributed by atoms with Gasteiger partial charge < -0.3 is 9.30 Å². The standard InChI is InChI=1S/C11H11BrFNO.2C2H6/c1-7-5-14(6-15-2)11-9(7)3-8(13)4-10(11)12;2*1-2/h3-5H,6H2,1-2H3;2*1-2H3. The number of halogens is 2. The molecule has 2 nitrogen and oxygen atoms in total. The summed E-state index contributed by atoms with van der Waals surface area (Å²) < 4.78 is 21.0. The van der Waals surface area contributed by atoms with E-state index in [0.717, 1.165) is 20.9 Å². The van der Waals surface area contributed by atoms with E-state index in [1.54, 1.807) is 13.2 Å². The lowest BCUT2D eigenvalue weighted by Crippen LogP contribution is -1.97. The number of hydrogen-bond acceptors (Lipinski definition) is 1. The molecule has 0 aliphatic rings. The van der Waals surface area contributed by atoms with Crippen LogP contribution in [0.5, 0.6) is 0 Å². The van der Waals surface area contributed by atoms with Crippen LogP contribution in [-0.2, 0) is 11.5 Å². The van der Waals surface area contributed by atoms with Gasteiger partial charge in [0.25, 0.3) is 0 Å². The number of nitrogens with zero attached hydrogens (tertiary/aromatic N) is 1. The largest absolute Gasteiger partial charge is 0.364 e. The van der Waals surface area contributed by atoms with Crippen LogP contribution in [0.3, 0.4) is 0 Å². The Morgan fingerprint density at radius 1 is 1.21 bits per heavy atom. The van der Waals surface area contributed by atoms with Crippen molar-refractivity contribution in [2.24, 2.45) is 0 Å². The van der Waals surface area contributed by atoms with E-state index in [1.807, 2.05) is 45.4 Å². The van der Waals surface area contributed by atoms with Crippen molar-refractivity contribution in [3.63, 3.8) is 0 Å². The van der Waals surface area contributed by atoms with Crippen molar-refractivity contribution in [3.8, 4) is 0 Å². The first-order valence-electron chi connectivity index (χ1n) is 6.57. The Balaban J connectivity index is 0.000000741. The van der Waals surface area contributed by atoms with Gasteiger partial charge in [0, 0.05) is 23.2 Å². The van der Waals surface area contributed by atoms with Gasteiger partial charge in [0.05, 0.1) is 5.52 Å². The third kappa shape index (κ3) is 4.32. The van der Waals surface area contributed by atoms with Gasteiger partial charge in [0.1, 0.15) is 12.5 Å². The maximum atomic E-state index is 13.2. The summed E-state index contributed by atoms with van der Waals surface area (Å²) >= 11 is 3.37. The molecule has 1 aromatic carbocycles. The number of hydrogen-bond donors (Lipinski definition) is 0. The number of rotatable bonds is 2. The molecule has 0 amide bonds. The molecule has 0 atom stereocenters. The van der Waals surface area contributed by atoms with Crippen LogP contribution in [0, 0.1) is 12.7 Å². The third-order valence-electron chi connectivity index (χ3n) is 2.36. The first-order chi connectivity index (χ1) is 9.13. The molecule has 108 valence electrons. The fourth-order valence-electron chi connectivity index (χ4n) is 1.77. The van der Waals surface area contributed by atoms with Crippen LogP contribution >= 0.6 is 15.9 Å². The molecule has 1 heterocycles. The second-order valence-electron chi connectivity index (χ2n) is 3.48. The minimum Gasteiger partial charge on any atom is -0.364 e. The Morgan fingerprint density at radius 3 is 2.32 bits per heavy atom. The molecule has 0 saturated carbocycles. The van der Waals surface area contributed by atoms with Gasteiger partial charge >= 0.3 is 0 Å². The van der Waals surface area contributed by atoms with Crippen molar-refractivity contribution in [3.05, 3.63) is 34.2 Å². The van der Waals surface area contributed by atoms with Crippen LogP contribution in [0.15, 0.2) is 22.8 Å². The molecule has 0 aliphatic heterocycles. The predicted octanol–water partition coefficient (Wildman–Crippen LogP) is 5.51. The molecule has 2 rings (SSSR count). The van der Waals surface area contributed by atoms with Crippen molar-refractivity contribution in [2.75, 3.05) is 7.11 Å². The molecule has 0 unspecified atom stereocenters. The second-order valence-corrected chi connectivity index (χ2v) is 4.34. The summed E-state index contributed by atoms with van der Waals surface area (Å²) in [6.07, 6.45) is 1.96. The van der Waals surface area contributed by atoms with Crippen LogP contribution in [0.2, 0.25) is 0 Å².